The van der Waals surface area contributed by atoms with Crippen molar-refractivity contribution in [3.63, 3.8) is 0 Å². The summed E-state index contributed by atoms with van der Waals surface area (Å²) in [6.45, 7) is 1.96. The summed E-state index contributed by atoms with van der Waals surface area (Å²) < 4.78 is 10.0. The van der Waals surface area contributed by atoms with Crippen LogP contribution in [0.25, 0.3) is 0 Å². The number of cyclic esters (lactones) is 1. The minimum Gasteiger partial charge on any atom is -0.465 e. The number of carbonyl (C=O) groups excluding carboxylic acids is 2. The zero-order valence-corrected chi connectivity index (χ0v) is 10.6. The molecule has 2 atom stereocenters. The molecule has 1 aromatic carbocycles. The van der Waals surface area contributed by atoms with Crippen molar-refractivity contribution in [3.8, 4) is 0 Å². The van der Waals surface area contributed by atoms with E-state index in [2.05, 4.69) is 0 Å². The standard InChI is InChI=1S/C13H13ClO4/c1-2-17-12(15)10-7-11(18-13(10)16)8-4-3-5-9(14)6-8/h3-6,10-11H,2,7H2,1H3. The maximum atomic E-state index is 11.6. The Hall–Kier alpha value is -1.55. The Labute approximate surface area is 110 Å². The first-order chi connectivity index (χ1) is 8.61. The summed E-state index contributed by atoms with van der Waals surface area (Å²) in [5.41, 5.74) is 0.794. The van der Waals surface area contributed by atoms with Gasteiger partial charge in [-0.15, -0.1) is 0 Å². The van der Waals surface area contributed by atoms with E-state index in [0.29, 0.717) is 11.4 Å². The van der Waals surface area contributed by atoms with E-state index < -0.39 is 24.0 Å². The van der Waals surface area contributed by atoms with E-state index in [4.69, 9.17) is 21.1 Å². The van der Waals surface area contributed by atoms with E-state index in [-0.39, 0.29) is 6.61 Å². The highest BCUT2D eigenvalue weighted by Crippen LogP contribution is 2.34. The molecule has 0 N–H and O–H groups in total. The molecule has 0 spiro atoms. The molecule has 0 aromatic heterocycles. The van der Waals surface area contributed by atoms with Gasteiger partial charge in [-0.25, -0.2) is 0 Å². The van der Waals surface area contributed by atoms with Crippen LogP contribution in [-0.4, -0.2) is 18.5 Å². The van der Waals surface area contributed by atoms with Crippen LogP contribution in [0.4, 0.5) is 0 Å². The molecule has 2 unspecified atom stereocenters. The van der Waals surface area contributed by atoms with Gasteiger partial charge in [-0.05, 0) is 24.6 Å². The topological polar surface area (TPSA) is 52.6 Å². The number of rotatable bonds is 3. The molecule has 0 aliphatic carbocycles. The highest BCUT2D eigenvalue weighted by atomic mass is 35.5. The van der Waals surface area contributed by atoms with Gasteiger partial charge in [-0.1, -0.05) is 23.7 Å². The van der Waals surface area contributed by atoms with E-state index in [1.165, 1.54) is 0 Å². The number of esters is 2. The van der Waals surface area contributed by atoms with E-state index in [1.807, 2.05) is 6.07 Å². The number of hydrogen-bond acceptors (Lipinski definition) is 4. The molecular weight excluding hydrogens is 256 g/mol. The van der Waals surface area contributed by atoms with Crippen LogP contribution in [-0.2, 0) is 19.1 Å². The largest absolute Gasteiger partial charge is 0.465 e. The van der Waals surface area contributed by atoms with Crippen molar-refractivity contribution in [2.45, 2.75) is 19.4 Å². The Balaban J connectivity index is 2.11. The van der Waals surface area contributed by atoms with E-state index in [1.54, 1.807) is 25.1 Å². The molecule has 0 bridgehead atoms. The van der Waals surface area contributed by atoms with Gasteiger partial charge in [0.1, 0.15) is 6.10 Å². The summed E-state index contributed by atoms with van der Waals surface area (Å²) in [6, 6.07) is 7.07. The van der Waals surface area contributed by atoms with E-state index in [9.17, 15) is 9.59 Å². The molecule has 96 valence electrons. The third-order valence-electron chi connectivity index (χ3n) is 2.78. The zero-order valence-electron chi connectivity index (χ0n) is 9.89. The van der Waals surface area contributed by atoms with Gasteiger partial charge in [-0.2, -0.15) is 0 Å². The Kier molecular flexibility index (Phi) is 3.87. The molecule has 18 heavy (non-hydrogen) atoms. The molecule has 1 aliphatic heterocycles. The Morgan fingerprint density at radius 3 is 3.00 bits per heavy atom. The lowest BCUT2D eigenvalue weighted by Crippen LogP contribution is -2.21. The third kappa shape index (κ3) is 2.64. The molecular formula is C13H13ClO4. The van der Waals surface area contributed by atoms with Gasteiger partial charge in [0.15, 0.2) is 5.92 Å². The van der Waals surface area contributed by atoms with Crippen molar-refractivity contribution < 1.29 is 19.1 Å². The van der Waals surface area contributed by atoms with Crippen LogP contribution in [0.5, 0.6) is 0 Å². The fourth-order valence-electron chi connectivity index (χ4n) is 1.93. The van der Waals surface area contributed by atoms with Gasteiger partial charge < -0.3 is 9.47 Å². The second-order valence-electron chi connectivity index (χ2n) is 4.02. The monoisotopic (exact) mass is 268 g/mol. The van der Waals surface area contributed by atoms with Gasteiger partial charge in [0.05, 0.1) is 6.61 Å². The summed E-state index contributed by atoms with van der Waals surface area (Å²) in [5, 5.41) is 0.572. The highest BCUT2D eigenvalue weighted by molar-refractivity contribution is 6.30. The van der Waals surface area contributed by atoms with Gasteiger partial charge in [0, 0.05) is 11.4 Å². The van der Waals surface area contributed by atoms with Crippen molar-refractivity contribution >= 4 is 23.5 Å². The van der Waals surface area contributed by atoms with Crippen molar-refractivity contribution in [3.05, 3.63) is 34.9 Å². The molecule has 0 amide bonds. The lowest BCUT2D eigenvalue weighted by atomic mass is 10.0. The number of hydrogen-bond donors (Lipinski definition) is 0. The second-order valence-corrected chi connectivity index (χ2v) is 4.46. The molecule has 0 radical (unpaired) electrons. The predicted molar refractivity (Wildman–Crippen MR) is 65.0 cm³/mol. The van der Waals surface area contributed by atoms with Crippen LogP contribution >= 0.6 is 11.6 Å². The fraction of sp³-hybridized carbons (Fsp3) is 0.385. The first-order valence-corrected chi connectivity index (χ1v) is 6.12. The molecule has 1 aliphatic rings. The van der Waals surface area contributed by atoms with E-state index >= 15 is 0 Å². The fourth-order valence-corrected chi connectivity index (χ4v) is 2.13. The van der Waals surface area contributed by atoms with E-state index in [0.717, 1.165) is 5.56 Å². The average Bonchev–Trinajstić information content (AvgIpc) is 2.72. The van der Waals surface area contributed by atoms with Gasteiger partial charge in [0.2, 0.25) is 0 Å². The number of halogens is 1. The normalized spacial score (nSPS) is 22.7. The van der Waals surface area contributed by atoms with Crippen molar-refractivity contribution in [1.29, 1.82) is 0 Å². The van der Waals surface area contributed by atoms with Crippen molar-refractivity contribution in [2.75, 3.05) is 6.61 Å². The average molecular weight is 269 g/mol. The summed E-state index contributed by atoms with van der Waals surface area (Å²) in [6.07, 6.45) is -0.122. The van der Waals surface area contributed by atoms with Gasteiger partial charge >= 0.3 is 11.9 Å². The van der Waals surface area contributed by atoms with Crippen LogP contribution in [0, 0.1) is 5.92 Å². The molecule has 1 fully saturated rings. The quantitative estimate of drug-likeness (QED) is 0.624. The molecule has 2 rings (SSSR count). The molecule has 1 aromatic rings. The number of carbonyl (C=O) groups is 2. The predicted octanol–water partition coefficient (Wildman–Crippen LogP) is 2.51. The molecule has 4 nitrogen and oxygen atoms in total. The lowest BCUT2D eigenvalue weighted by Gasteiger charge is -2.09. The Morgan fingerprint density at radius 1 is 1.56 bits per heavy atom. The molecule has 1 heterocycles. The van der Waals surface area contributed by atoms with Crippen molar-refractivity contribution in [1.82, 2.24) is 0 Å². The summed E-state index contributed by atoms with van der Waals surface area (Å²) in [5.74, 6) is -1.88. The van der Waals surface area contributed by atoms with Crippen LogP contribution in [0.2, 0.25) is 5.02 Å². The summed E-state index contributed by atoms with van der Waals surface area (Å²) >= 11 is 5.88. The molecule has 5 heteroatoms. The SMILES string of the molecule is CCOC(=O)C1CC(c2cccc(Cl)c2)OC1=O. The van der Waals surface area contributed by atoms with Crippen LogP contribution in [0.3, 0.4) is 0 Å². The summed E-state index contributed by atoms with van der Waals surface area (Å²) in [7, 11) is 0. The Morgan fingerprint density at radius 2 is 2.33 bits per heavy atom. The van der Waals surface area contributed by atoms with Gasteiger partial charge in [-0.3, -0.25) is 9.59 Å². The maximum Gasteiger partial charge on any atom is 0.321 e. The molecule has 1 saturated heterocycles. The Bertz CT molecular complexity index is 472. The van der Waals surface area contributed by atoms with Crippen LogP contribution < -0.4 is 0 Å². The lowest BCUT2D eigenvalue weighted by molar-refractivity contribution is -0.156. The van der Waals surface area contributed by atoms with Crippen molar-refractivity contribution in [2.24, 2.45) is 5.92 Å². The summed E-state index contributed by atoms with van der Waals surface area (Å²) in [4.78, 5) is 23.2. The van der Waals surface area contributed by atoms with Gasteiger partial charge in [0.25, 0.3) is 0 Å². The maximum absolute atomic E-state index is 11.6. The highest BCUT2D eigenvalue weighted by Gasteiger charge is 2.41. The third-order valence-corrected chi connectivity index (χ3v) is 3.02. The zero-order chi connectivity index (χ0) is 13.1. The smallest absolute Gasteiger partial charge is 0.321 e. The molecule has 0 saturated carbocycles. The number of benzene rings is 1. The minimum atomic E-state index is -0.825. The second kappa shape index (κ2) is 5.40. The minimum absolute atomic E-state index is 0.254. The van der Waals surface area contributed by atoms with Crippen LogP contribution in [0.15, 0.2) is 24.3 Å². The first-order valence-electron chi connectivity index (χ1n) is 5.74. The van der Waals surface area contributed by atoms with Crippen LogP contribution in [0.1, 0.15) is 25.0 Å². The first kappa shape index (κ1) is 12.9. The number of ether oxygens (including phenoxy) is 2.